The van der Waals surface area contributed by atoms with Crippen LogP contribution in [0.2, 0.25) is 0 Å². The van der Waals surface area contributed by atoms with Gasteiger partial charge in [-0.05, 0) is 0 Å². The Morgan fingerprint density at radius 3 is 2.20 bits per heavy atom. The summed E-state index contributed by atoms with van der Waals surface area (Å²) >= 11 is 0. The van der Waals surface area contributed by atoms with E-state index in [9.17, 15) is 4.21 Å². The normalized spacial score (nSPS) is 12.9. The van der Waals surface area contributed by atoms with Crippen LogP contribution in [0, 0.1) is 0 Å². The Morgan fingerprint density at radius 1 is 1.00 bits per heavy atom. The molecule has 1 atom stereocenters. The van der Waals surface area contributed by atoms with Crippen molar-refractivity contribution in [2.75, 3.05) is 58.2 Å². The van der Waals surface area contributed by atoms with E-state index in [0.29, 0.717) is 51.1 Å². The Bertz CT molecular complexity index is 157. The van der Waals surface area contributed by atoms with E-state index in [0.717, 1.165) is 0 Å². The predicted molar refractivity (Wildman–Crippen MR) is 60.4 cm³/mol. The Hall–Kier alpha value is -0.0100. The van der Waals surface area contributed by atoms with Gasteiger partial charge in [0.05, 0.1) is 33.0 Å². The molecule has 1 unspecified atom stereocenters. The van der Waals surface area contributed by atoms with E-state index in [1.54, 1.807) is 7.11 Å². The first kappa shape index (κ1) is 15.0. The molecule has 0 rings (SSSR count). The molecule has 0 amide bonds. The maximum atomic E-state index is 11.1. The van der Waals surface area contributed by atoms with Gasteiger partial charge in [0.2, 0.25) is 0 Å². The highest BCUT2D eigenvalue weighted by atomic mass is 32.2. The molecule has 15 heavy (non-hydrogen) atoms. The minimum atomic E-state index is -0.841. The van der Waals surface area contributed by atoms with Crippen molar-refractivity contribution in [1.29, 1.82) is 0 Å². The summed E-state index contributed by atoms with van der Waals surface area (Å²) in [7, 11) is 0.790. The minimum Gasteiger partial charge on any atom is -0.382 e. The summed E-state index contributed by atoms with van der Waals surface area (Å²) in [5.41, 5.74) is 5.26. The van der Waals surface area contributed by atoms with Crippen LogP contribution in [0.4, 0.5) is 0 Å². The lowest BCUT2D eigenvalue weighted by Crippen LogP contribution is -2.16. The minimum absolute atomic E-state index is 0.465. The second-order valence-electron chi connectivity index (χ2n) is 2.85. The predicted octanol–water partition coefficient (Wildman–Crippen LogP) is -0.627. The highest BCUT2D eigenvalue weighted by molar-refractivity contribution is 7.85. The smallest absolute Gasteiger partial charge is 0.0701 e. The molecular weight excluding hydrogens is 218 g/mol. The first-order valence-corrected chi connectivity index (χ1v) is 6.49. The molecule has 0 radical (unpaired) electrons. The molecule has 0 aromatic heterocycles. The lowest BCUT2D eigenvalue weighted by molar-refractivity contribution is 0.0285. The van der Waals surface area contributed by atoms with Gasteiger partial charge in [-0.2, -0.15) is 0 Å². The SMILES string of the molecule is COCCOCCOCCS(=O)CCN. The summed E-state index contributed by atoms with van der Waals surface area (Å²) in [5, 5.41) is 0. The summed E-state index contributed by atoms with van der Waals surface area (Å²) in [6.45, 7) is 3.23. The first-order chi connectivity index (χ1) is 7.31. The third-order valence-electron chi connectivity index (χ3n) is 1.60. The summed E-state index contributed by atoms with van der Waals surface area (Å²) in [5.74, 6) is 1.10. The molecule has 0 aliphatic carbocycles. The largest absolute Gasteiger partial charge is 0.382 e. The van der Waals surface area contributed by atoms with Crippen LogP contribution in [0.3, 0.4) is 0 Å². The van der Waals surface area contributed by atoms with Gasteiger partial charge in [0.25, 0.3) is 0 Å². The number of hydrogen-bond acceptors (Lipinski definition) is 5. The highest BCUT2D eigenvalue weighted by Crippen LogP contribution is 1.84. The van der Waals surface area contributed by atoms with Gasteiger partial charge in [-0.25, -0.2) is 0 Å². The van der Waals surface area contributed by atoms with Crippen LogP contribution >= 0.6 is 0 Å². The molecule has 0 aliphatic heterocycles. The standard InChI is InChI=1S/C9H21NO4S/c1-12-3-4-13-5-6-14-7-9-15(11)8-2-10/h2-10H2,1H3. The lowest BCUT2D eigenvalue weighted by atomic mass is 10.7. The van der Waals surface area contributed by atoms with Crippen molar-refractivity contribution in [1.82, 2.24) is 0 Å². The second-order valence-corrected chi connectivity index (χ2v) is 4.55. The van der Waals surface area contributed by atoms with Crippen LogP contribution in [0.5, 0.6) is 0 Å². The van der Waals surface area contributed by atoms with Crippen LogP contribution in [-0.2, 0) is 25.0 Å². The number of nitrogens with two attached hydrogens (primary N) is 1. The van der Waals surface area contributed by atoms with E-state index in [1.165, 1.54) is 0 Å². The highest BCUT2D eigenvalue weighted by Gasteiger charge is 1.97. The van der Waals surface area contributed by atoms with Crippen LogP contribution in [-0.4, -0.2) is 62.4 Å². The van der Waals surface area contributed by atoms with Gasteiger partial charge in [0.15, 0.2) is 0 Å². The van der Waals surface area contributed by atoms with E-state index < -0.39 is 10.8 Å². The molecule has 0 saturated carbocycles. The Morgan fingerprint density at radius 2 is 1.60 bits per heavy atom. The molecule has 6 heteroatoms. The summed E-state index contributed by atoms with van der Waals surface area (Å²) in [4.78, 5) is 0. The maximum absolute atomic E-state index is 11.1. The molecule has 5 nitrogen and oxygen atoms in total. The van der Waals surface area contributed by atoms with Gasteiger partial charge >= 0.3 is 0 Å². The molecular formula is C9H21NO4S. The van der Waals surface area contributed by atoms with Crippen molar-refractivity contribution in [2.45, 2.75) is 0 Å². The first-order valence-electron chi connectivity index (χ1n) is 5.00. The number of methoxy groups -OCH3 is 1. The molecule has 0 bridgehead atoms. The zero-order valence-electron chi connectivity index (χ0n) is 9.28. The van der Waals surface area contributed by atoms with Gasteiger partial charge in [-0.15, -0.1) is 0 Å². The summed E-state index contributed by atoms with van der Waals surface area (Å²) in [6.07, 6.45) is 0. The average molecular weight is 239 g/mol. The maximum Gasteiger partial charge on any atom is 0.0701 e. The van der Waals surface area contributed by atoms with Crippen LogP contribution in [0.1, 0.15) is 0 Å². The van der Waals surface area contributed by atoms with Crippen LogP contribution in [0.15, 0.2) is 0 Å². The fourth-order valence-electron chi connectivity index (χ4n) is 0.850. The van der Waals surface area contributed by atoms with E-state index in [4.69, 9.17) is 19.9 Å². The zero-order valence-corrected chi connectivity index (χ0v) is 10.1. The van der Waals surface area contributed by atoms with Crippen molar-refractivity contribution < 1.29 is 18.4 Å². The lowest BCUT2D eigenvalue weighted by Gasteiger charge is -2.05. The zero-order chi connectivity index (χ0) is 11.4. The van der Waals surface area contributed by atoms with Crippen LogP contribution in [0.25, 0.3) is 0 Å². The summed E-state index contributed by atoms with van der Waals surface area (Å²) < 4.78 is 26.3. The Labute approximate surface area is 93.7 Å². The molecule has 0 fully saturated rings. The molecule has 0 heterocycles. The van der Waals surface area contributed by atoms with Gasteiger partial charge in [0.1, 0.15) is 0 Å². The van der Waals surface area contributed by atoms with Crippen molar-refractivity contribution in [3.8, 4) is 0 Å². The number of hydrogen-bond donors (Lipinski definition) is 1. The van der Waals surface area contributed by atoms with E-state index in [1.807, 2.05) is 0 Å². The molecule has 0 aromatic carbocycles. The quantitative estimate of drug-likeness (QED) is 0.486. The third kappa shape index (κ3) is 11.9. The molecule has 0 aliphatic rings. The third-order valence-corrected chi connectivity index (χ3v) is 2.92. The van der Waals surface area contributed by atoms with Crippen molar-refractivity contribution in [3.63, 3.8) is 0 Å². The van der Waals surface area contributed by atoms with Crippen molar-refractivity contribution in [3.05, 3.63) is 0 Å². The van der Waals surface area contributed by atoms with Gasteiger partial charge in [-0.1, -0.05) is 0 Å². The Kier molecular flexibility index (Phi) is 12.1. The summed E-state index contributed by atoms with van der Waals surface area (Å²) in [6, 6.07) is 0. The van der Waals surface area contributed by atoms with Gasteiger partial charge in [-0.3, -0.25) is 4.21 Å². The fourth-order valence-corrected chi connectivity index (χ4v) is 1.62. The Balaban J connectivity index is 3.01. The molecule has 2 N–H and O–H groups in total. The van der Waals surface area contributed by atoms with Gasteiger partial charge in [0, 0.05) is 36.0 Å². The number of ether oxygens (including phenoxy) is 3. The molecule has 0 aromatic rings. The van der Waals surface area contributed by atoms with Crippen molar-refractivity contribution in [2.24, 2.45) is 5.73 Å². The van der Waals surface area contributed by atoms with Gasteiger partial charge < -0.3 is 19.9 Å². The van der Waals surface area contributed by atoms with E-state index in [-0.39, 0.29) is 0 Å². The monoisotopic (exact) mass is 239 g/mol. The number of rotatable bonds is 11. The van der Waals surface area contributed by atoms with E-state index in [2.05, 4.69) is 0 Å². The average Bonchev–Trinajstić information content (AvgIpc) is 2.22. The second kappa shape index (κ2) is 12.1. The molecule has 0 saturated heterocycles. The van der Waals surface area contributed by atoms with E-state index >= 15 is 0 Å². The molecule has 92 valence electrons. The molecule has 0 spiro atoms. The van der Waals surface area contributed by atoms with Crippen LogP contribution < -0.4 is 5.73 Å². The van der Waals surface area contributed by atoms with Crippen molar-refractivity contribution >= 4 is 10.8 Å². The fraction of sp³-hybridized carbons (Fsp3) is 1.00. The topological polar surface area (TPSA) is 70.8 Å².